The molecule has 0 aliphatic carbocycles. The maximum absolute atomic E-state index is 10.1. The molecule has 0 atom stereocenters. The number of para-hydroxylation sites is 2. The summed E-state index contributed by atoms with van der Waals surface area (Å²) in [6.07, 6.45) is 1.70. The zero-order valence-corrected chi connectivity index (χ0v) is 15.0. The van der Waals surface area contributed by atoms with Gasteiger partial charge in [0, 0.05) is 11.8 Å². The van der Waals surface area contributed by atoms with Crippen molar-refractivity contribution in [2.75, 3.05) is 0 Å². The number of phenolic OH excluding ortho intramolecular Hbond substituents is 1. The number of aromatic hydroxyl groups is 1. The molecule has 2 nitrogen and oxygen atoms in total. The molecular formula is C16H17Cl2NOTi. The average molecular weight is 358 g/mol. The van der Waals surface area contributed by atoms with Crippen LogP contribution in [-0.4, -0.2) is 11.3 Å². The Morgan fingerprint density at radius 2 is 1.67 bits per heavy atom. The van der Waals surface area contributed by atoms with Gasteiger partial charge in [0.2, 0.25) is 0 Å². The standard InChI is InChI=1S/C16H17NO.2ClH.Ti/c1-12(2)15-10-6-7-13(16(15)18)11-17-14-8-4-3-5-9-14;;;/h3-12,18H,1-2H3;2*1H;/q;;;+2/p-2. The van der Waals surface area contributed by atoms with Crippen molar-refractivity contribution in [1.29, 1.82) is 0 Å². The van der Waals surface area contributed by atoms with E-state index in [1.54, 1.807) is 6.21 Å². The number of hydrogen-bond donors (Lipinski definition) is 1. The zero-order chi connectivity index (χ0) is 15.7. The maximum atomic E-state index is 10.1. The van der Waals surface area contributed by atoms with Crippen LogP contribution < -0.4 is 0 Å². The molecule has 0 aliphatic rings. The molecule has 2 rings (SSSR count). The van der Waals surface area contributed by atoms with E-state index in [9.17, 15) is 5.11 Å². The molecule has 21 heavy (non-hydrogen) atoms. The van der Waals surface area contributed by atoms with Crippen molar-refractivity contribution in [2.24, 2.45) is 4.99 Å². The van der Waals surface area contributed by atoms with Crippen LogP contribution in [0.2, 0.25) is 0 Å². The van der Waals surface area contributed by atoms with Crippen LogP contribution in [0.25, 0.3) is 0 Å². The summed E-state index contributed by atoms with van der Waals surface area (Å²) >= 11 is -0.556. The van der Waals surface area contributed by atoms with Crippen LogP contribution in [0.4, 0.5) is 5.69 Å². The second kappa shape index (κ2) is 10.0. The molecular weight excluding hydrogens is 341 g/mol. The van der Waals surface area contributed by atoms with Crippen molar-refractivity contribution < 1.29 is 22.1 Å². The third kappa shape index (κ3) is 6.23. The van der Waals surface area contributed by atoms with Gasteiger partial charge in [0.25, 0.3) is 0 Å². The van der Waals surface area contributed by atoms with E-state index in [1.165, 1.54) is 0 Å². The van der Waals surface area contributed by atoms with E-state index in [2.05, 4.69) is 18.8 Å². The zero-order valence-electron chi connectivity index (χ0n) is 11.9. The summed E-state index contributed by atoms with van der Waals surface area (Å²) in [4.78, 5) is 4.35. The van der Waals surface area contributed by atoms with Crippen LogP contribution in [0.1, 0.15) is 30.9 Å². The first-order valence-electron chi connectivity index (χ1n) is 6.47. The summed E-state index contributed by atoms with van der Waals surface area (Å²) in [6.45, 7) is 4.13. The van der Waals surface area contributed by atoms with Crippen LogP contribution in [0.15, 0.2) is 53.5 Å². The fraction of sp³-hybridized carbons (Fsp3) is 0.188. The van der Waals surface area contributed by atoms with Crippen LogP contribution in [0.5, 0.6) is 5.75 Å². The SMILES string of the molecule is CC(C)c1cccc(C=Nc2ccccc2)c1O.[Cl][Ti][Cl]. The Kier molecular flexibility index (Phi) is 8.71. The van der Waals surface area contributed by atoms with Crippen LogP contribution in [0.3, 0.4) is 0 Å². The Hall–Kier alpha value is -0.796. The number of benzene rings is 2. The van der Waals surface area contributed by atoms with E-state index in [-0.39, 0.29) is 0 Å². The molecule has 0 aromatic heterocycles. The molecule has 0 bridgehead atoms. The summed E-state index contributed by atoms with van der Waals surface area (Å²) in [5.74, 6) is 0.627. The first-order valence-corrected chi connectivity index (χ1v) is 10.8. The number of halogens is 2. The normalized spacial score (nSPS) is 10.3. The van der Waals surface area contributed by atoms with E-state index >= 15 is 0 Å². The second-order valence-corrected chi connectivity index (χ2v) is 7.18. The molecule has 110 valence electrons. The van der Waals surface area contributed by atoms with E-state index in [4.69, 9.17) is 18.6 Å². The van der Waals surface area contributed by atoms with Gasteiger partial charge in [0.15, 0.2) is 0 Å². The van der Waals surface area contributed by atoms with Crippen molar-refractivity contribution in [1.82, 2.24) is 0 Å². The Bertz CT molecular complexity index is 574. The predicted molar refractivity (Wildman–Crippen MR) is 87.6 cm³/mol. The van der Waals surface area contributed by atoms with Crippen LogP contribution >= 0.6 is 18.6 Å². The van der Waals surface area contributed by atoms with Gasteiger partial charge in [-0.25, -0.2) is 0 Å². The molecule has 0 radical (unpaired) electrons. The van der Waals surface area contributed by atoms with Crippen molar-refractivity contribution in [2.45, 2.75) is 19.8 Å². The number of rotatable bonds is 3. The van der Waals surface area contributed by atoms with Crippen molar-refractivity contribution in [3.63, 3.8) is 0 Å². The van der Waals surface area contributed by atoms with Gasteiger partial charge in [0.1, 0.15) is 5.75 Å². The second-order valence-electron chi connectivity index (χ2n) is 4.60. The predicted octanol–water partition coefficient (Wildman–Crippen LogP) is 5.64. The Labute approximate surface area is 142 Å². The van der Waals surface area contributed by atoms with Gasteiger partial charge in [0.05, 0.1) is 5.69 Å². The number of aliphatic imine (C=N–C) groups is 1. The Morgan fingerprint density at radius 3 is 2.24 bits per heavy atom. The monoisotopic (exact) mass is 357 g/mol. The number of nitrogens with zero attached hydrogens (tertiary/aromatic N) is 1. The third-order valence-electron chi connectivity index (χ3n) is 2.83. The fourth-order valence-electron chi connectivity index (χ4n) is 1.81. The molecule has 2 aromatic rings. The Balaban J connectivity index is 0.000000677. The number of hydrogen-bond acceptors (Lipinski definition) is 2. The molecule has 0 amide bonds. The summed E-state index contributed by atoms with van der Waals surface area (Å²) in [5, 5.41) is 10.1. The minimum absolute atomic E-state index is 0.301. The van der Waals surface area contributed by atoms with Crippen LogP contribution in [-0.2, 0) is 17.0 Å². The van der Waals surface area contributed by atoms with Crippen molar-refractivity contribution in [3.8, 4) is 5.75 Å². The molecule has 0 heterocycles. The molecule has 1 N–H and O–H groups in total. The minimum atomic E-state index is -0.556. The molecule has 0 fully saturated rings. The summed E-state index contributed by atoms with van der Waals surface area (Å²) < 4.78 is 0. The molecule has 0 aliphatic heterocycles. The van der Waals surface area contributed by atoms with Gasteiger partial charge in [-0.15, -0.1) is 0 Å². The molecule has 2 aromatic carbocycles. The molecule has 0 unspecified atom stereocenters. The topological polar surface area (TPSA) is 32.6 Å². The molecule has 0 saturated carbocycles. The first kappa shape index (κ1) is 18.3. The summed E-state index contributed by atoms with van der Waals surface area (Å²) in [6, 6.07) is 15.5. The van der Waals surface area contributed by atoms with Gasteiger partial charge >= 0.3 is 35.6 Å². The van der Waals surface area contributed by atoms with Gasteiger partial charge in [-0.2, -0.15) is 0 Å². The molecule has 5 heteroatoms. The summed E-state index contributed by atoms with van der Waals surface area (Å²) in [7, 11) is 9.78. The van der Waals surface area contributed by atoms with Crippen molar-refractivity contribution >= 4 is 30.5 Å². The average Bonchev–Trinajstić information content (AvgIpc) is 2.48. The van der Waals surface area contributed by atoms with Crippen LogP contribution in [0, 0.1) is 0 Å². The van der Waals surface area contributed by atoms with Gasteiger partial charge in [-0.1, -0.05) is 44.2 Å². The number of phenols is 1. The summed E-state index contributed by atoms with van der Waals surface area (Å²) in [5.41, 5.74) is 2.59. The van der Waals surface area contributed by atoms with Gasteiger partial charge in [-0.3, -0.25) is 4.99 Å². The van der Waals surface area contributed by atoms with E-state index in [0.717, 1.165) is 16.8 Å². The first-order chi connectivity index (χ1) is 10.1. The van der Waals surface area contributed by atoms with Gasteiger partial charge in [-0.05, 0) is 29.7 Å². The molecule has 0 spiro atoms. The Morgan fingerprint density at radius 1 is 1.05 bits per heavy atom. The third-order valence-corrected chi connectivity index (χ3v) is 2.83. The van der Waals surface area contributed by atoms with Crippen molar-refractivity contribution in [3.05, 3.63) is 59.7 Å². The molecule has 0 saturated heterocycles. The quantitative estimate of drug-likeness (QED) is 0.559. The van der Waals surface area contributed by atoms with E-state index < -0.39 is 17.0 Å². The van der Waals surface area contributed by atoms with Gasteiger partial charge < -0.3 is 5.11 Å². The van der Waals surface area contributed by atoms with E-state index in [0.29, 0.717) is 11.7 Å². The van der Waals surface area contributed by atoms with E-state index in [1.807, 2.05) is 48.5 Å². The fourth-order valence-corrected chi connectivity index (χ4v) is 1.81.